The predicted molar refractivity (Wildman–Crippen MR) is 114 cm³/mol. The highest BCUT2D eigenvalue weighted by atomic mass is 16.5. The van der Waals surface area contributed by atoms with Crippen LogP contribution < -0.4 is 14.8 Å². The first-order chi connectivity index (χ1) is 14.5. The first-order valence-electron chi connectivity index (χ1n) is 9.77. The number of aryl methyl sites for hydroxylation is 1. The SMILES string of the molecule is COc1ccc(OC)c2c1cc(C(=O)N[C@@H](c1nnc3ccccn13)C(C)C)n2C. The first kappa shape index (κ1) is 19.8. The number of benzene rings is 1. The molecule has 0 saturated carbocycles. The molecule has 0 spiro atoms. The number of amides is 1. The topological polar surface area (TPSA) is 82.7 Å². The van der Waals surface area contributed by atoms with Gasteiger partial charge < -0.3 is 19.4 Å². The zero-order valence-corrected chi connectivity index (χ0v) is 17.7. The van der Waals surface area contributed by atoms with E-state index >= 15 is 0 Å². The van der Waals surface area contributed by atoms with Crippen molar-refractivity contribution in [3.8, 4) is 11.5 Å². The second-order valence-corrected chi connectivity index (χ2v) is 7.50. The summed E-state index contributed by atoms with van der Waals surface area (Å²) in [5.41, 5.74) is 2.05. The number of pyridine rings is 1. The van der Waals surface area contributed by atoms with Crippen molar-refractivity contribution in [2.75, 3.05) is 14.2 Å². The van der Waals surface area contributed by atoms with Gasteiger partial charge in [-0.25, -0.2) is 0 Å². The Kier molecular flexibility index (Phi) is 5.07. The third-order valence-electron chi connectivity index (χ3n) is 5.36. The fourth-order valence-corrected chi connectivity index (χ4v) is 3.79. The molecule has 156 valence electrons. The molecule has 0 fully saturated rings. The summed E-state index contributed by atoms with van der Waals surface area (Å²) >= 11 is 0. The Morgan fingerprint density at radius 1 is 1.07 bits per heavy atom. The van der Waals surface area contributed by atoms with Gasteiger partial charge in [0.15, 0.2) is 11.5 Å². The number of hydrogen-bond acceptors (Lipinski definition) is 5. The van der Waals surface area contributed by atoms with Crippen molar-refractivity contribution in [3.05, 3.63) is 54.1 Å². The van der Waals surface area contributed by atoms with Crippen molar-refractivity contribution in [1.29, 1.82) is 0 Å². The van der Waals surface area contributed by atoms with Crippen LogP contribution in [0.5, 0.6) is 11.5 Å². The van der Waals surface area contributed by atoms with Crippen molar-refractivity contribution >= 4 is 22.5 Å². The van der Waals surface area contributed by atoms with Gasteiger partial charge in [0.05, 0.1) is 25.8 Å². The molecule has 1 atom stereocenters. The standard InChI is InChI=1S/C22H25N5O3/c1-13(2)19(21-25-24-18-8-6-7-11-27(18)21)23-22(28)15-12-14-16(29-4)9-10-17(30-5)20(14)26(15)3/h6-13,19H,1-5H3,(H,23,28)/t19-/m1/s1. The second-order valence-electron chi connectivity index (χ2n) is 7.50. The summed E-state index contributed by atoms with van der Waals surface area (Å²) in [6.45, 7) is 4.09. The third kappa shape index (κ3) is 3.14. The number of ether oxygens (including phenoxy) is 2. The minimum atomic E-state index is -0.309. The highest BCUT2D eigenvalue weighted by Crippen LogP contribution is 2.35. The van der Waals surface area contributed by atoms with E-state index in [1.807, 2.05) is 72.5 Å². The van der Waals surface area contributed by atoms with Crippen molar-refractivity contribution in [1.82, 2.24) is 24.5 Å². The zero-order valence-electron chi connectivity index (χ0n) is 17.7. The molecule has 0 unspecified atom stereocenters. The second kappa shape index (κ2) is 7.70. The molecule has 1 aromatic carbocycles. The molecule has 0 aliphatic rings. The molecular weight excluding hydrogens is 382 g/mol. The third-order valence-corrected chi connectivity index (χ3v) is 5.36. The van der Waals surface area contributed by atoms with E-state index in [0.29, 0.717) is 23.0 Å². The summed E-state index contributed by atoms with van der Waals surface area (Å²) in [4.78, 5) is 13.3. The zero-order chi connectivity index (χ0) is 21.4. The summed E-state index contributed by atoms with van der Waals surface area (Å²) in [5, 5.41) is 12.5. The minimum Gasteiger partial charge on any atom is -0.496 e. The van der Waals surface area contributed by atoms with Crippen LogP contribution in [-0.2, 0) is 7.05 Å². The van der Waals surface area contributed by atoms with Crippen molar-refractivity contribution in [2.45, 2.75) is 19.9 Å². The summed E-state index contributed by atoms with van der Waals surface area (Å²) in [7, 11) is 5.06. The maximum absolute atomic E-state index is 13.3. The molecule has 0 bridgehead atoms. The molecular formula is C22H25N5O3. The lowest BCUT2D eigenvalue weighted by atomic mass is 10.0. The number of fused-ring (bicyclic) bond motifs is 2. The number of hydrogen-bond donors (Lipinski definition) is 1. The van der Waals surface area contributed by atoms with Crippen molar-refractivity contribution in [3.63, 3.8) is 0 Å². The predicted octanol–water partition coefficient (Wildman–Crippen LogP) is 3.37. The highest BCUT2D eigenvalue weighted by molar-refractivity contribution is 6.02. The van der Waals surface area contributed by atoms with E-state index in [0.717, 1.165) is 16.6 Å². The van der Waals surface area contributed by atoms with Crippen LogP contribution in [0.1, 0.15) is 36.2 Å². The number of nitrogens with zero attached hydrogens (tertiary/aromatic N) is 4. The Morgan fingerprint density at radius 2 is 1.80 bits per heavy atom. The van der Waals surface area contributed by atoms with Crippen LogP contribution in [0.25, 0.3) is 16.6 Å². The molecule has 0 saturated heterocycles. The molecule has 8 heteroatoms. The molecule has 0 aliphatic heterocycles. The maximum atomic E-state index is 13.3. The monoisotopic (exact) mass is 407 g/mol. The Labute approximate surface area is 174 Å². The largest absolute Gasteiger partial charge is 0.496 e. The lowest BCUT2D eigenvalue weighted by Gasteiger charge is -2.21. The van der Waals surface area contributed by atoms with Crippen LogP contribution in [-0.4, -0.2) is 39.3 Å². The van der Waals surface area contributed by atoms with Crippen LogP contribution in [0.2, 0.25) is 0 Å². The van der Waals surface area contributed by atoms with E-state index in [1.165, 1.54) is 0 Å². The molecule has 3 heterocycles. The number of aromatic nitrogens is 4. The molecule has 4 rings (SSSR count). The Bertz CT molecular complexity index is 1220. The Morgan fingerprint density at radius 3 is 2.50 bits per heavy atom. The molecule has 3 aromatic heterocycles. The number of carbonyl (C=O) groups is 1. The van der Waals surface area contributed by atoms with Crippen LogP contribution in [0.4, 0.5) is 0 Å². The van der Waals surface area contributed by atoms with E-state index < -0.39 is 0 Å². The normalized spacial score (nSPS) is 12.5. The van der Waals surface area contributed by atoms with Gasteiger partial charge in [-0.15, -0.1) is 10.2 Å². The van der Waals surface area contributed by atoms with Crippen LogP contribution in [0.3, 0.4) is 0 Å². The number of rotatable bonds is 6. The molecule has 1 amide bonds. The summed E-state index contributed by atoms with van der Waals surface area (Å²) < 4.78 is 14.7. The molecule has 8 nitrogen and oxygen atoms in total. The Balaban J connectivity index is 1.75. The number of methoxy groups -OCH3 is 2. The van der Waals surface area contributed by atoms with Gasteiger partial charge in [0, 0.05) is 18.6 Å². The lowest BCUT2D eigenvalue weighted by molar-refractivity contribution is 0.0915. The van der Waals surface area contributed by atoms with E-state index in [9.17, 15) is 4.79 Å². The quantitative estimate of drug-likeness (QED) is 0.530. The van der Waals surface area contributed by atoms with Crippen LogP contribution in [0.15, 0.2) is 42.6 Å². The Hall–Kier alpha value is -3.55. The summed E-state index contributed by atoms with van der Waals surface area (Å²) in [5.74, 6) is 1.97. The average Bonchev–Trinajstić information content (AvgIpc) is 3.33. The maximum Gasteiger partial charge on any atom is 0.268 e. The van der Waals surface area contributed by atoms with Gasteiger partial charge in [-0.05, 0) is 36.2 Å². The fraction of sp³-hybridized carbons (Fsp3) is 0.318. The van der Waals surface area contributed by atoms with Gasteiger partial charge in [-0.2, -0.15) is 0 Å². The molecule has 1 N–H and O–H groups in total. The van der Waals surface area contributed by atoms with Gasteiger partial charge in [0.25, 0.3) is 5.91 Å². The van der Waals surface area contributed by atoms with Gasteiger partial charge in [0.1, 0.15) is 17.2 Å². The molecule has 4 aromatic rings. The van der Waals surface area contributed by atoms with Crippen LogP contribution in [0, 0.1) is 5.92 Å². The van der Waals surface area contributed by atoms with E-state index in [4.69, 9.17) is 9.47 Å². The smallest absolute Gasteiger partial charge is 0.268 e. The van der Waals surface area contributed by atoms with Gasteiger partial charge in [-0.1, -0.05) is 19.9 Å². The number of nitrogens with one attached hydrogen (secondary N) is 1. The number of carbonyl (C=O) groups excluding carboxylic acids is 1. The van der Waals surface area contributed by atoms with E-state index in [-0.39, 0.29) is 17.9 Å². The highest BCUT2D eigenvalue weighted by Gasteiger charge is 2.26. The minimum absolute atomic E-state index is 0.111. The van der Waals surface area contributed by atoms with Crippen molar-refractivity contribution in [2.24, 2.45) is 13.0 Å². The summed E-state index contributed by atoms with van der Waals surface area (Å²) in [6, 6.07) is 10.9. The molecule has 0 aliphatic carbocycles. The summed E-state index contributed by atoms with van der Waals surface area (Å²) in [6.07, 6.45) is 1.90. The fourth-order valence-electron chi connectivity index (χ4n) is 3.79. The molecule has 0 radical (unpaired) electrons. The van der Waals surface area contributed by atoms with Gasteiger partial charge >= 0.3 is 0 Å². The van der Waals surface area contributed by atoms with E-state index in [1.54, 1.807) is 14.2 Å². The molecule has 30 heavy (non-hydrogen) atoms. The van der Waals surface area contributed by atoms with Gasteiger partial charge in [0.2, 0.25) is 0 Å². The van der Waals surface area contributed by atoms with E-state index in [2.05, 4.69) is 15.5 Å². The first-order valence-corrected chi connectivity index (χ1v) is 9.77. The van der Waals surface area contributed by atoms with Crippen LogP contribution >= 0.6 is 0 Å². The average molecular weight is 407 g/mol. The lowest BCUT2D eigenvalue weighted by Crippen LogP contribution is -2.34. The van der Waals surface area contributed by atoms with Crippen molar-refractivity contribution < 1.29 is 14.3 Å². The van der Waals surface area contributed by atoms with Gasteiger partial charge in [-0.3, -0.25) is 9.20 Å².